The Kier molecular flexibility index (Phi) is 4.15. The molecule has 130 valence electrons. The van der Waals surface area contributed by atoms with E-state index in [-0.39, 0.29) is 22.0 Å². The maximum Gasteiger partial charge on any atom is 0.193 e. The van der Waals surface area contributed by atoms with Gasteiger partial charge < -0.3 is 9.72 Å². The molecule has 0 unspecified atom stereocenters. The molecule has 1 N–H and O–H groups in total. The number of rotatable bonds is 2. The Morgan fingerprint density at radius 1 is 1.08 bits per heavy atom. The van der Waals surface area contributed by atoms with E-state index in [1.54, 1.807) is 6.07 Å². The van der Waals surface area contributed by atoms with Gasteiger partial charge >= 0.3 is 0 Å². The van der Waals surface area contributed by atoms with Crippen LogP contribution in [0.1, 0.15) is 31.9 Å². The van der Waals surface area contributed by atoms with Crippen LogP contribution in [0.2, 0.25) is 0 Å². The van der Waals surface area contributed by atoms with Gasteiger partial charge in [-0.15, -0.1) is 0 Å². The molecule has 0 fully saturated rings. The molecule has 0 atom stereocenters. The van der Waals surface area contributed by atoms with Gasteiger partial charge in [0.05, 0.1) is 18.0 Å². The number of H-pyrrole nitrogens is 1. The quantitative estimate of drug-likeness (QED) is 0.718. The van der Waals surface area contributed by atoms with E-state index in [0.717, 1.165) is 11.1 Å². The summed E-state index contributed by atoms with van der Waals surface area (Å²) in [5.41, 5.74) is 4.33. The average molecular weight is 339 g/mol. The summed E-state index contributed by atoms with van der Waals surface area (Å²) < 4.78 is 18.9. The second kappa shape index (κ2) is 6.03. The predicted molar refractivity (Wildman–Crippen MR) is 100.0 cm³/mol. The highest BCUT2D eigenvalue weighted by Gasteiger charge is 2.17. The van der Waals surface area contributed by atoms with Crippen molar-refractivity contribution in [2.75, 3.05) is 7.11 Å². The lowest BCUT2D eigenvalue weighted by atomic mass is 9.85. The van der Waals surface area contributed by atoms with Crippen molar-refractivity contribution in [3.05, 3.63) is 63.6 Å². The standard InChI is InChI=1S/C21H22FNO2/c1-12-10-13(21(2,3)4)6-7-14(12)17-11-18(24)19-16(23-17)9-8-15(22)20(19)25-5/h6-11H,1-5H3,(H,23,24). The van der Waals surface area contributed by atoms with E-state index in [4.69, 9.17) is 4.74 Å². The number of pyridine rings is 1. The van der Waals surface area contributed by atoms with Gasteiger partial charge in [-0.1, -0.05) is 39.0 Å². The molecule has 3 nitrogen and oxygen atoms in total. The summed E-state index contributed by atoms with van der Waals surface area (Å²) in [4.78, 5) is 15.8. The van der Waals surface area contributed by atoms with Crippen LogP contribution in [0.15, 0.2) is 41.2 Å². The maximum absolute atomic E-state index is 13.9. The lowest BCUT2D eigenvalue weighted by Gasteiger charge is -2.20. The molecule has 4 heteroatoms. The van der Waals surface area contributed by atoms with Crippen LogP contribution in [-0.4, -0.2) is 12.1 Å². The van der Waals surface area contributed by atoms with Gasteiger partial charge in [0.25, 0.3) is 0 Å². The first-order chi connectivity index (χ1) is 11.7. The molecular formula is C21H22FNO2. The molecule has 0 spiro atoms. The van der Waals surface area contributed by atoms with E-state index in [2.05, 4.69) is 37.9 Å². The zero-order valence-electron chi connectivity index (χ0n) is 15.2. The first-order valence-corrected chi connectivity index (χ1v) is 8.23. The fourth-order valence-electron chi connectivity index (χ4n) is 3.07. The van der Waals surface area contributed by atoms with Gasteiger partial charge in [-0.2, -0.15) is 0 Å². The zero-order valence-corrected chi connectivity index (χ0v) is 15.2. The molecule has 0 aliphatic rings. The summed E-state index contributed by atoms with van der Waals surface area (Å²) in [6.45, 7) is 8.53. The highest BCUT2D eigenvalue weighted by atomic mass is 19.1. The summed E-state index contributed by atoms with van der Waals surface area (Å²) in [5, 5.41) is 0.232. The molecule has 0 bridgehead atoms. The molecule has 0 amide bonds. The average Bonchev–Trinajstić information content (AvgIpc) is 2.54. The van der Waals surface area contributed by atoms with Crippen LogP contribution in [0.5, 0.6) is 5.75 Å². The molecule has 1 heterocycles. The Balaban J connectivity index is 2.21. The fraction of sp³-hybridized carbons (Fsp3) is 0.286. The van der Waals surface area contributed by atoms with Gasteiger partial charge in [-0.05, 0) is 35.6 Å². The van der Waals surface area contributed by atoms with Crippen molar-refractivity contribution < 1.29 is 9.13 Å². The summed E-state index contributed by atoms with van der Waals surface area (Å²) in [7, 11) is 1.36. The Morgan fingerprint density at radius 3 is 2.40 bits per heavy atom. The number of benzene rings is 2. The summed E-state index contributed by atoms with van der Waals surface area (Å²) >= 11 is 0. The van der Waals surface area contributed by atoms with Gasteiger partial charge in [0.2, 0.25) is 0 Å². The van der Waals surface area contributed by atoms with Crippen LogP contribution in [-0.2, 0) is 5.41 Å². The number of hydrogen-bond donors (Lipinski definition) is 1. The van der Waals surface area contributed by atoms with Gasteiger partial charge in [0.15, 0.2) is 17.0 Å². The normalized spacial score (nSPS) is 11.8. The smallest absolute Gasteiger partial charge is 0.193 e. The van der Waals surface area contributed by atoms with Crippen LogP contribution in [0.25, 0.3) is 22.2 Å². The van der Waals surface area contributed by atoms with Crippen molar-refractivity contribution in [3.8, 4) is 17.0 Å². The topological polar surface area (TPSA) is 42.1 Å². The van der Waals surface area contributed by atoms with E-state index in [0.29, 0.717) is 11.2 Å². The summed E-state index contributed by atoms with van der Waals surface area (Å²) in [5.74, 6) is -0.566. The zero-order chi connectivity index (χ0) is 18.4. The largest absolute Gasteiger partial charge is 0.493 e. The number of methoxy groups -OCH3 is 1. The predicted octanol–water partition coefficient (Wildman–Crippen LogP) is 4.95. The lowest BCUT2D eigenvalue weighted by Crippen LogP contribution is -2.11. The monoisotopic (exact) mass is 339 g/mol. The number of halogens is 1. The van der Waals surface area contributed by atoms with Crippen molar-refractivity contribution in [3.63, 3.8) is 0 Å². The van der Waals surface area contributed by atoms with E-state index in [9.17, 15) is 9.18 Å². The van der Waals surface area contributed by atoms with Crippen molar-refractivity contribution in [1.82, 2.24) is 4.98 Å². The molecule has 3 aromatic rings. The third kappa shape index (κ3) is 3.04. The molecule has 3 rings (SSSR count). The minimum absolute atomic E-state index is 0.0231. The fourth-order valence-corrected chi connectivity index (χ4v) is 3.07. The molecule has 0 saturated carbocycles. The van der Waals surface area contributed by atoms with Crippen molar-refractivity contribution in [1.29, 1.82) is 0 Å². The van der Waals surface area contributed by atoms with E-state index in [1.807, 2.05) is 13.0 Å². The van der Waals surface area contributed by atoms with Gasteiger partial charge in [0, 0.05) is 17.3 Å². The Labute approximate surface area is 146 Å². The molecule has 0 aliphatic carbocycles. The maximum atomic E-state index is 13.9. The van der Waals surface area contributed by atoms with Gasteiger partial charge in [-0.3, -0.25) is 4.79 Å². The second-order valence-corrected chi connectivity index (χ2v) is 7.33. The molecule has 25 heavy (non-hydrogen) atoms. The van der Waals surface area contributed by atoms with Crippen LogP contribution >= 0.6 is 0 Å². The number of hydrogen-bond acceptors (Lipinski definition) is 2. The first-order valence-electron chi connectivity index (χ1n) is 8.23. The minimum atomic E-state index is -0.543. The van der Waals surface area contributed by atoms with Crippen LogP contribution in [0, 0.1) is 12.7 Å². The van der Waals surface area contributed by atoms with Crippen LogP contribution in [0.3, 0.4) is 0 Å². The van der Waals surface area contributed by atoms with Crippen molar-refractivity contribution in [2.24, 2.45) is 0 Å². The SMILES string of the molecule is COc1c(F)ccc2[nH]c(-c3ccc(C(C)(C)C)cc3C)cc(=O)c12. The number of aromatic amines is 1. The number of ether oxygens (including phenoxy) is 1. The Morgan fingerprint density at radius 2 is 1.80 bits per heavy atom. The summed E-state index contributed by atoms with van der Waals surface area (Å²) in [6, 6.07) is 10.6. The van der Waals surface area contributed by atoms with Gasteiger partial charge in [0.1, 0.15) is 0 Å². The third-order valence-electron chi connectivity index (χ3n) is 4.49. The number of nitrogens with one attached hydrogen (secondary N) is 1. The third-order valence-corrected chi connectivity index (χ3v) is 4.49. The van der Waals surface area contributed by atoms with Crippen molar-refractivity contribution >= 4 is 10.9 Å². The number of aromatic nitrogens is 1. The second-order valence-electron chi connectivity index (χ2n) is 7.33. The highest BCUT2D eigenvalue weighted by Crippen LogP contribution is 2.30. The molecule has 1 aromatic heterocycles. The first kappa shape index (κ1) is 17.2. The minimum Gasteiger partial charge on any atom is -0.493 e. The number of fused-ring (bicyclic) bond motifs is 1. The Hall–Kier alpha value is -2.62. The van der Waals surface area contributed by atoms with Crippen LogP contribution < -0.4 is 10.2 Å². The van der Waals surface area contributed by atoms with Crippen molar-refractivity contribution in [2.45, 2.75) is 33.1 Å². The summed E-state index contributed by atoms with van der Waals surface area (Å²) in [6.07, 6.45) is 0. The molecule has 2 aromatic carbocycles. The Bertz CT molecular complexity index is 1010. The molecular weight excluding hydrogens is 317 g/mol. The lowest BCUT2D eigenvalue weighted by molar-refractivity contribution is 0.391. The van der Waals surface area contributed by atoms with Crippen LogP contribution in [0.4, 0.5) is 4.39 Å². The highest BCUT2D eigenvalue weighted by molar-refractivity contribution is 5.87. The number of aryl methyl sites for hydroxylation is 1. The van der Waals surface area contributed by atoms with E-state index >= 15 is 0 Å². The van der Waals surface area contributed by atoms with E-state index in [1.165, 1.54) is 24.8 Å². The molecule has 0 aliphatic heterocycles. The molecule has 0 radical (unpaired) electrons. The van der Waals surface area contributed by atoms with Gasteiger partial charge in [-0.25, -0.2) is 4.39 Å². The molecule has 0 saturated heterocycles. The van der Waals surface area contributed by atoms with E-state index < -0.39 is 5.82 Å².